The molecule has 1 aromatic carbocycles. The largest absolute Gasteiger partial charge is 0.382 e. The van der Waals surface area contributed by atoms with E-state index in [4.69, 9.17) is 21.6 Å². The summed E-state index contributed by atoms with van der Waals surface area (Å²) >= 11 is 6.30. The molecule has 9 heteroatoms. The molecule has 2 N–H and O–H groups in total. The van der Waals surface area contributed by atoms with Gasteiger partial charge >= 0.3 is 0 Å². The molecule has 1 amide bonds. The highest BCUT2D eigenvalue weighted by molar-refractivity contribution is 6.31. The number of pyridine rings is 2. The number of carbonyl (C=O) groups is 1. The summed E-state index contributed by atoms with van der Waals surface area (Å²) < 4.78 is 1.93. The fourth-order valence-electron chi connectivity index (χ4n) is 4.21. The van der Waals surface area contributed by atoms with Crippen LogP contribution in [0.1, 0.15) is 34.2 Å². The van der Waals surface area contributed by atoms with Gasteiger partial charge in [0, 0.05) is 54.9 Å². The first-order valence-electron chi connectivity index (χ1n) is 12.1. The fraction of sp³-hybridized carbons (Fsp3) is 0.333. The minimum atomic E-state index is -0.114. The van der Waals surface area contributed by atoms with Crippen LogP contribution in [0.4, 0.5) is 5.69 Å². The summed E-state index contributed by atoms with van der Waals surface area (Å²) in [5, 5.41) is 12.2. The number of halogens is 1. The van der Waals surface area contributed by atoms with Crippen LogP contribution in [0.3, 0.4) is 0 Å². The molecule has 0 atom stereocenters. The standard InChI is InChI=1S/C27H32ClN7O/c1-6-35-18(3)19(15-31-35)16-34(5)27(36)22-14-26(33-24-8-7-20(28)13-21(22)24)25-10-9-23(17(2)32-25)30-12-11-29-4/h7-10,13-15,29-30H,6,11-12,16H2,1-5H3. The Hall–Kier alpha value is -3.49. The topological polar surface area (TPSA) is 88.0 Å². The number of hydrogen-bond donors (Lipinski definition) is 2. The molecule has 188 valence electrons. The summed E-state index contributed by atoms with van der Waals surface area (Å²) in [6.45, 7) is 8.93. The lowest BCUT2D eigenvalue weighted by molar-refractivity contribution is 0.0787. The molecule has 0 aliphatic heterocycles. The van der Waals surface area contributed by atoms with E-state index in [0.29, 0.717) is 39.4 Å². The smallest absolute Gasteiger partial charge is 0.254 e. The van der Waals surface area contributed by atoms with Gasteiger partial charge in [-0.3, -0.25) is 9.48 Å². The van der Waals surface area contributed by atoms with Crippen LogP contribution in [0.2, 0.25) is 5.02 Å². The highest BCUT2D eigenvalue weighted by atomic mass is 35.5. The zero-order chi connectivity index (χ0) is 25.8. The van der Waals surface area contributed by atoms with E-state index < -0.39 is 0 Å². The van der Waals surface area contributed by atoms with E-state index in [1.807, 2.05) is 63.0 Å². The van der Waals surface area contributed by atoms with Gasteiger partial charge in [-0.05, 0) is 64.2 Å². The Morgan fingerprint density at radius 1 is 1.08 bits per heavy atom. The van der Waals surface area contributed by atoms with E-state index in [1.54, 1.807) is 24.1 Å². The van der Waals surface area contributed by atoms with Crippen LogP contribution in [0.5, 0.6) is 0 Å². The van der Waals surface area contributed by atoms with Crippen molar-refractivity contribution in [3.63, 3.8) is 0 Å². The van der Waals surface area contributed by atoms with E-state index >= 15 is 0 Å². The third-order valence-corrected chi connectivity index (χ3v) is 6.53. The van der Waals surface area contributed by atoms with Gasteiger partial charge in [0.2, 0.25) is 0 Å². The zero-order valence-electron chi connectivity index (χ0n) is 21.4. The summed E-state index contributed by atoms with van der Waals surface area (Å²) in [4.78, 5) is 25.0. The van der Waals surface area contributed by atoms with Crippen LogP contribution in [0.25, 0.3) is 22.3 Å². The zero-order valence-corrected chi connectivity index (χ0v) is 22.1. The lowest BCUT2D eigenvalue weighted by atomic mass is 10.0. The highest BCUT2D eigenvalue weighted by Gasteiger charge is 2.20. The van der Waals surface area contributed by atoms with Crippen molar-refractivity contribution in [1.29, 1.82) is 0 Å². The van der Waals surface area contributed by atoms with E-state index in [9.17, 15) is 4.79 Å². The molecule has 0 aliphatic rings. The number of benzene rings is 1. The Bertz CT molecular complexity index is 1400. The first kappa shape index (κ1) is 25.6. The highest BCUT2D eigenvalue weighted by Crippen LogP contribution is 2.28. The monoisotopic (exact) mass is 505 g/mol. The van der Waals surface area contributed by atoms with E-state index in [-0.39, 0.29) is 5.91 Å². The van der Waals surface area contributed by atoms with Gasteiger partial charge in [0.15, 0.2) is 0 Å². The molecule has 4 aromatic rings. The molecular formula is C27H32ClN7O. The second kappa shape index (κ2) is 11.1. The van der Waals surface area contributed by atoms with E-state index in [0.717, 1.165) is 42.3 Å². The summed E-state index contributed by atoms with van der Waals surface area (Å²) in [6.07, 6.45) is 1.83. The lowest BCUT2D eigenvalue weighted by Crippen LogP contribution is -2.27. The van der Waals surface area contributed by atoms with Gasteiger partial charge in [0.05, 0.1) is 40.0 Å². The number of carbonyl (C=O) groups excluding carboxylic acids is 1. The predicted octanol–water partition coefficient (Wildman–Crippen LogP) is 4.69. The van der Waals surface area contributed by atoms with Gasteiger partial charge in [-0.25, -0.2) is 9.97 Å². The minimum absolute atomic E-state index is 0.114. The second-order valence-corrected chi connectivity index (χ2v) is 9.24. The molecule has 0 bridgehead atoms. The normalized spacial score (nSPS) is 11.2. The van der Waals surface area contributed by atoms with Crippen molar-refractivity contribution in [2.45, 2.75) is 33.9 Å². The molecule has 0 saturated carbocycles. The summed E-state index contributed by atoms with van der Waals surface area (Å²) in [6, 6.07) is 11.2. The molecule has 0 saturated heterocycles. The van der Waals surface area contributed by atoms with Crippen LogP contribution < -0.4 is 10.6 Å². The van der Waals surface area contributed by atoms with Crippen LogP contribution >= 0.6 is 11.6 Å². The number of likely N-dealkylation sites (N-methyl/N-ethyl adjacent to an activating group) is 1. The van der Waals surface area contributed by atoms with Crippen LogP contribution in [-0.2, 0) is 13.1 Å². The molecule has 4 rings (SSSR count). The molecule has 8 nitrogen and oxygen atoms in total. The maximum atomic E-state index is 13.7. The van der Waals surface area contributed by atoms with Gasteiger partial charge in [0.25, 0.3) is 5.91 Å². The third kappa shape index (κ3) is 5.34. The molecular weight excluding hydrogens is 474 g/mol. The molecule has 0 spiro atoms. The van der Waals surface area contributed by atoms with Gasteiger partial charge in [-0.2, -0.15) is 5.10 Å². The molecule has 3 aromatic heterocycles. The average molecular weight is 506 g/mol. The van der Waals surface area contributed by atoms with Crippen molar-refractivity contribution in [3.8, 4) is 11.4 Å². The second-order valence-electron chi connectivity index (χ2n) is 8.81. The van der Waals surface area contributed by atoms with Crippen molar-refractivity contribution in [2.75, 3.05) is 32.5 Å². The Kier molecular flexibility index (Phi) is 7.86. The molecule has 0 aliphatic carbocycles. The van der Waals surface area contributed by atoms with Crippen molar-refractivity contribution in [2.24, 2.45) is 0 Å². The molecule has 0 radical (unpaired) electrons. The Morgan fingerprint density at radius 2 is 1.89 bits per heavy atom. The third-order valence-electron chi connectivity index (χ3n) is 6.30. The number of aryl methyl sites for hydroxylation is 2. The van der Waals surface area contributed by atoms with Gasteiger partial charge in [-0.1, -0.05) is 11.6 Å². The Labute approximate surface area is 216 Å². The van der Waals surface area contributed by atoms with Crippen LogP contribution in [-0.4, -0.2) is 57.7 Å². The van der Waals surface area contributed by atoms with Crippen molar-refractivity contribution < 1.29 is 4.79 Å². The minimum Gasteiger partial charge on any atom is -0.382 e. The van der Waals surface area contributed by atoms with Crippen molar-refractivity contribution in [3.05, 3.63) is 70.1 Å². The van der Waals surface area contributed by atoms with Crippen LogP contribution in [0, 0.1) is 13.8 Å². The number of hydrogen-bond acceptors (Lipinski definition) is 6. The van der Waals surface area contributed by atoms with Crippen molar-refractivity contribution in [1.82, 2.24) is 30.0 Å². The predicted molar refractivity (Wildman–Crippen MR) is 146 cm³/mol. The van der Waals surface area contributed by atoms with Gasteiger partial charge < -0.3 is 15.5 Å². The first-order chi connectivity index (χ1) is 17.3. The van der Waals surface area contributed by atoms with Crippen molar-refractivity contribution >= 4 is 34.1 Å². The maximum Gasteiger partial charge on any atom is 0.254 e. The summed E-state index contributed by atoms with van der Waals surface area (Å²) in [7, 11) is 3.72. The molecule has 36 heavy (non-hydrogen) atoms. The number of nitrogens with one attached hydrogen (secondary N) is 2. The summed E-state index contributed by atoms with van der Waals surface area (Å²) in [5.41, 5.74) is 6.50. The molecule has 0 unspecified atom stereocenters. The Morgan fingerprint density at radius 3 is 2.58 bits per heavy atom. The number of aromatic nitrogens is 4. The quantitative estimate of drug-likeness (QED) is 0.321. The number of fused-ring (bicyclic) bond motifs is 1. The first-order valence-corrected chi connectivity index (χ1v) is 12.4. The Balaban J connectivity index is 1.71. The number of amides is 1. The maximum absolute atomic E-state index is 13.7. The average Bonchev–Trinajstić information content (AvgIpc) is 3.22. The number of rotatable bonds is 9. The number of nitrogens with zero attached hydrogens (tertiary/aromatic N) is 5. The molecule has 3 heterocycles. The fourth-order valence-corrected chi connectivity index (χ4v) is 4.38. The van der Waals surface area contributed by atoms with Crippen LogP contribution in [0.15, 0.2) is 42.6 Å². The van der Waals surface area contributed by atoms with E-state index in [1.165, 1.54) is 0 Å². The van der Waals surface area contributed by atoms with E-state index in [2.05, 4.69) is 15.7 Å². The van der Waals surface area contributed by atoms with Gasteiger partial charge in [0.1, 0.15) is 0 Å². The summed E-state index contributed by atoms with van der Waals surface area (Å²) in [5.74, 6) is -0.114. The number of anilines is 1. The SMILES string of the molecule is CCn1ncc(CN(C)C(=O)c2cc(-c3ccc(NCCNC)c(C)n3)nc3ccc(Cl)cc23)c1C. The van der Waals surface area contributed by atoms with Gasteiger partial charge in [-0.15, -0.1) is 0 Å². The lowest BCUT2D eigenvalue weighted by Gasteiger charge is -2.19. The molecule has 0 fully saturated rings.